The fourth-order valence-electron chi connectivity index (χ4n) is 2.55. The molecule has 2 amide bonds. The van der Waals surface area contributed by atoms with Gasteiger partial charge in [-0.1, -0.05) is 43.1 Å². The Morgan fingerprint density at radius 1 is 1.12 bits per heavy atom. The molecule has 140 valence electrons. The monoisotopic (exact) mass is 394 g/mol. The number of amides is 2. The second-order valence-corrected chi connectivity index (χ2v) is 6.68. The number of nitrogens with one attached hydrogen (secondary N) is 1. The Kier molecular flexibility index (Phi) is 8.16. The highest BCUT2D eigenvalue weighted by Gasteiger charge is 2.16. The van der Waals surface area contributed by atoms with Gasteiger partial charge in [-0.3, -0.25) is 4.98 Å². The molecule has 0 fully saturated rings. The summed E-state index contributed by atoms with van der Waals surface area (Å²) in [6.07, 6.45) is 3.29. The van der Waals surface area contributed by atoms with Crippen molar-refractivity contribution in [2.45, 2.75) is 20.4 Å². The standard InChI is InChI=1S/C19H24Cl2N4O/c1-3-24(4-2)10-11-25(14-15-7-8-17(20)18(21)12-15)19(26)23-16-6-5-9-22-13-16/h5-9,12-13H,3-4,10-11,14H2,1-2H3,(H,23,26). The zero-order valence-electron chi connectivity index (χ0n) is 15.1. The molecule has 1 N–H and O–H groups in total. The van der Waals surface area contributed by atoms with Crippen molar-refractivity contribution >= 4 is 34.9 Å². The van der Waals surface area contributed by atoms with Crippen molar-refractivity contribution in [3.05, 3.63) is 58.3 Å². The molecule has 0 aliphatic rings. The predicted molar refractivity (Wildman–Crippen MR) is 108 cm³/mol. The minimum atomic E-state index is -0.170. The maximum atomic E-state index is 12.8. The highest BCUT2D eigenvalue weighted by Crippen LogP contribution is 2.23. The number of urea groups is 1. The van der Waals surface area contributed by atoms with Crippen molar-refractivity contribution < 1.29 is 4.79 Å². The molecule has 0 spiro atoms. The van der Waals surface area contributed by atoms with Gasteiger partial charge in [0.15, 0.2) is 0 Å². The van der Waals surface area contributed by atoms with Gasteiger partial charge in [0, 0.05) is 25.8 Å². The molecule has 2 rings (SSSR count). The van der Waals surface area contributed by atoms with Crippen LogP contribution in [0.15, 0.2) is 42.7 Å². The number of likely N-dealkylation sites (N-methyl/N-ethyl adjacent to an activating group) is 1. The minimum Gasteiger partial charge on any atom is -0.319 e. The summed E-state index contributed by atoms with van der Waals surface area (Å²) in [5.41, 5.74) is 1.60. The zero-order chi connectivity index (χ0) is 18.9. The van der Waals surface area contributed by atoms with Gasteiger partial charge in [0.1, 0.15) is 0 Å². The van der Waals surface area contributed by atoms with Gasteiger partial charge >= 0.3 is 6.03 Å². The zero-order valence-corrected chi connectivity index (χ0v) is 16.6. The van der Waals surface area contributed by atoms with E-state index in [1.165, 1.54) is 0 Å². The molecular formula is C19H24Cl2N4O. The van der Waals surface area contributed by atoms with Gasteiger partial charge < -0.3 is 15.1 Å². The van der Waals surface area contributed by atoms with Gasteiger partial charge in [-0.25, -0.2) is 4.79 Å². The minimum absolute atomic E-state index is 0.170. The van der Waals surface area contributed by atoms with Gasteiger partial charge in [0.05, 0.1) is 21.9 Å². The molecule has 0 saturated carbocycles. The Labute approximate surface area is 164 Å². The quantitative estimate of drug-likeness (QED) is 0.701. The van der Waals surface area contributed by atoms with Crippen LogP contribution in [0.2, 0.25) is 10.0 Å². The van der Waals surface area contributed by atoms with E-state index >= 15 is 0 Å². The van der Waals surface area contributed by atoms with Crippen LogP contribution in [0.3, 0.4) is 0 Å². The summed E-state index contributed by atoms with van der Waals surface area (Å²) in [7, 11) is 0. The summed E-state index contributed by atoms with van der Waals surface area (Å²) in [6, 6.07) is 8.86. The third kappa shape index (κ3) is 6.16. The van der Waals surface area contributed by atoms with Gasteiger partial charge in [0.25, 0.3) is 0 Å². The molecule has 0 radical (unpaired) electrons. The summed E-state index contributed by atoms with van der Waals surface area (Å²) >= 11 is 12.1. The van der Waals surface area contributed by atoms with Crippen LogP contribution < -0.4 is 5.32 Å². The first-order valence-electron chi connectivity index (χ1n) is 8.65. The molecule has 0 atom stereocenters. The number of benzene rings is 1. The highest BCUT2D eigenvalue weighted by molar-refractivity contribution is 6.42. The maximum Gasteiger partial charge on any atom is 0.322 e. The number of anilines is 1. The largest absolute Gasteiger partial charge is 0.322 e. The van der Waals surface area contributed by atoms with Gasteiger partial charge in [0.2, 0.25) is 0 Å². The van der Waals surface area contributed by atoms with E-state index in [9.17, 15) is 4.79 Å². The Bertz CT molecular complexity index is 708. The second-order valence-electron chi connectivity index (χ2n) is 5.87. The number of halogens is 2. The van der Waals surface area contributed by atoms with E-state index in [1.54, 1.807) is 35.5 Å². The number of hydrogen-bond acceptors (Lipinski definition) is 3. The lowest BCUT2D eigenvalue weighted by atomic mass is 10.2. The van der Waals surface area contributed by atoms with E-state index in [-0.39, 0.29) is 6.03 Å². The van der Waals surface area contributed by atoms with E-state index in [1.807, 2.05) is 12.1 Å². The Morgan fingerprint density at radius 3 is 2.50 bits per heavy atom. The lowest BCUT2D eigenvalue weighted by molar-refractivity contribution is 0.194. The third-order valence-electron chi connectivity index (χ3n) is 4.14. The number of rotatable bonds is 8. The molecule has 7 heteroatoms. The number of carbonyl (C=O) groups is 1. The van der Waals surface area contributed by atoms with Crippen LogP contribution in [0.4, 0.5) is 10.5 Å². The number of hydrogen-bond donors (Lipinski definition) is 1. The predicted octanol–water partition coefficient (Wildman–Crippen LogP) is 4.76. The first-order valence-corrected chi connectivity index (χ1v) is 9.41. The first kappa shape index (κ1) is 20.5. The second kappa shape index (κ2) is 10.4. The molecule has 1 heterocycles. The normalized spacial score (nSPS) is 10.8. The van der Waals surface area contributed by atoms with Crippen molar-refractivity contribution in [1.29, 1.82) is 0 Å². The molecule has 2 aromatic rings. The van der Waals surface area contributed by atoms with Crippen LogP contribution >= 0.6 is 23.2 Å². The summed E-state index contributed by atoms with van der Waals surface area (Å²) in [5.74, 6) is 0. The van der Waals surface area contributed by atoms with Gasteiger partial charge in [-0.2, -0.15) is 0 Å². The first-order chi connectivity index (χ1) is 12.5. The van der Waals surface area contributed by atoms with Crippen LogP contribution in [0, 0.1) is 0 Å². The lowest BCUT2D eigenvalue weighted by Crippen LogP contribution is -2.40. The number of carbonyl (C=O) groups excluding carboxylic acids is 1. The topological polar surface area (TPSA) is 48.5 Å². The summed E-state index contributed by atoms with van der Waals surface area (Å²) in [5, 5.41) is 3.89. The van der Waals surface area contributed by atoms with Crippen molar-refractivity contribution in [2.75, 3.05) is 31.5 Å². The van der Waals surface area contributed by atoms with Crippen molar-refractivity contribution in [3.8, 4) is 0 Å². The third-order valence-corrected chi connectivity index (χ3v) is 4.88. The Hall–Kier alpha value is -1.82. The summed E-state index contributed by atoms with van der Waals surface area (Å²) < 4.78 is 0. The van der Waals surface area contributed by atoms with Crippen LogP contribution in [0.5, 0.6) is 0 Å². The molecule has 0 saturated heterocycles. The fourth-order valence-corrected chi connectivity index (χ4v) is 2.87. The Balaban J connectivity index is 2.11. The van der Waals surface area contributed by atoms with E-state index in [0.717, 1.165) is 25.2 Å². The van der Waals surface area contributed by atoms with E-state index in [0.29, 0.717) is 28.8 Å². The average Bonchev–Trinajstić information content (AvgIpc) is 2.65. The van der Waals surface area contributed by atoms with E-state index < -0.39 is 0 Å². The molecule has 5 nitrogen and oxygen atoms in total. The molecule has 1 aromatic heterocycles. The average molecular weight is 395 g/mol. The fraction of sp³-hybridized carbons (Fsp3) is 0.368. The van der Waals surface area contributed by atoms with Crippen molar-refractivity contribution in [1.82, 2.24) is 14.8 Å². The lowest BCUT2D eigenvalue weighted by Gasteiger charge is -2.27. The van der Waals surface area contributed by atoms with Crippen LogP contribution in [-0.4, -0.2) is 47.0 Å². The molecule has 1 aromatic carbocycles. The summed E-state index contributed by atoms with van der Waals surface area (Å²) in [6.45, 7) is 7.97. The molecule has 0 aliphatic heterocycles. The van der Waals surface area contributed by atoms with Crippen molar-refractivity contribution in [3.63, 3.8) is 0 Å². The number of nitrogens with zero attached hydrogens (tertiary/aromatic N) is 3. The molecule has 26 heavy (non-hydrogen) atoms. The highest BCUT2D eigenvalue weighted by atomic mass is 35.5. The van der Waals surface area contributed by atoms with Gasteiger partial charge in [-0.05, 0) is 42.9 Å². The van der Waals surface area contributed by atoms with Crippen LogP contribution in [-0.2, 0) is 6.54 Å². The smallest absolute Gasteiger partial charge is 0.319 e. The van der Waals surface area contributed by atoms with E-state index in [4.69, 9.17) is 23.2 Å². The molecule has 0 aliphatic carbocycles. The SMILES string of the molecule is CCN(CC)CCN(Cc1ccc(Cl)c(Cl)c1)C(=O)Nc1cccnc1. The number of aromatic nitrogens is 1. The number of pyridine rings is 1. The maximum absolute atomic E-state index is 12.8. The van der Waals surface area contributed by atoms with Gasteiger partial charge in [-0.15, -0.1) is 0 Å². The Morgan fingerprint density at radius 2 is 1.88 bits per heavy atom. The summed E-state index contributed by atoms with van der Waals surface area (Å²) in [4.78, 5) is 20.8. The molecule has 0 unspecified atom stereocenters. The molecule has 0 bridgehead atoms. The van der Waals surface area contributed by atoms with E-state index in [2.05, 4.69) is 29.0 Å². The van der Waals surface area contributed by atoms with Crippen molar-refractivity contribution in [2.24, 2.45) is 0 Å². The van der Waals surface area contributed by atoms with Crippen LogP contribution in [0.1, 0.15) is 19.4 Å². The molecular weight excluding hydrogens is 371 g/mol. The van der Waals surface area contributed by atoms with Crippen LogP contribution in [0.25, 0.3) is 0 Å².